The summed E-state index contributed by atoms with van der Waals surface area (Å²) in [6.45, 7) is 4.81. The zero-order valence-electron chi connectivity index (χ0n) is 7.39. The second kappa shape index (κ2) is 4.62. The minimum atomic E-state index is -0.216. The van der Waals surface area contributed by atoms with E-state index in [-0.39, 0.29) is 5.82 Å². The van der Waals surface area contributed by atoms with E-state index in [0.717, 1.165) is 5.56 Å². The Hall–Kier alpha value is -1.35. The highest BCUT2D eigenvalue weighted by Gasteiger charge is 1.93. The highest BCUT2D eigenvalue weighted by Crippen LogP contribution is 2.01. The van der Waals surface area contributed by atoms with E-state index in [1.807, 2.05) is 0 Å². The number of benzene rings is 1. The van der Waals surface area contributed by atoms with E-state index in [2.05, 4.69) is 11.9 Å². The SMILES string of the molecule is C=C(N)CNCc1ccc(F)cc1. The molecule has 0 aliphatic rings. The predicted octanol–water partition coefficient (Wildman–Crippen LogP) is 1.39. The van der Waals surface area contributed by atoms with Gasteiger partial charge in [-0.15, -0.1) is 0 Å². The molecule has 3 heteroatoms. The van der Waals surface area contributed by atoms with Gasteiger partial charge in [0, 0.05) is 18.8 Å². The largest absolute Gasteiger partial charge is 0.401 e. The Morgan fingerprint density at radius 3 is 2.54 bits per heavy atom. The van der Waals surface area contributed by atoms with E-state index in [4.69, 9.17) is 5.73 Å². The van der Waals surface area contributed by atoms with Gasteiger partial charge in [-0.25, -0.2) is 4.39 Å². The van der Waals surface area contributed by atoms with Gasteiger partial charge in [0.05, 0.1) is 0 Å². The first-order valence-corrected chi connectivity index (χ1v) is 4.07. The summed E-state index contributed by atoms with van der Waals surface area (Å²) in [5.74, 6) is -0.216. The molecule has 0 amide bonds. The minimum Gasteiger partial charge on any atom is -0.401 e. The van der Waals surface area contributed by atoms with Crippen LogP contribution in [-0.4, -0.2) is 6.54 Å². The lowest BCUT2D eigenvalue weighted by atomic mass is 10.2. The molecule has 1 rings (SSSR count). The van der Waals surface area contributed by atoms with Crippen molar-refractivity contribution in [1.82, 2.24) is 5.32 Å². The molecule has 0 aromatic heterocycles. The molecule has 2 nitrogen and oxygen atoms in total. The molecule has 3 N–H and O–H groups in total. The number of hydrogen-bond acceptors (Lipinski definition) is 2. The maximum atomic E-state index is 12.5. The molecule has 0 aliphatic carbocycles. The average Bonchev–Trinajstić information content (AvgIpc) is 2.08. The maximum absolute atomic E-state index is 12.5. The van der Waals surface area contributed by atoms with Crippen LogP contribution in [0.1, 0.15) is 5.56 Å². The van der Waals surface area contributed by atoms with E-state index in [1.54, 1.807) is 12.1 Å². The van der Waals surface area contributed by atoms with Crippen molar-refractivity contribution < 1.29 is 4.39 Å². The second-order valence-corrected chi connectivity index (χ2v) is 2.89. The van der Waals surface area contributed by atoms with Crippen molar-refractivity contribution in [2.24, 2.45) is 5.73 Å². The Labute approximate surface area is 77.3 Å². The molecule has 0 saturated heterocycles. The number of rotatable bonds is 4. The van der Waals surface area contributed by atoms with E-state index in [9.17, 15) is 4.39 Å². The van der Waals surface area contributed by atoms with Gasteiger partial charge in [-0.2, -0.15) is 0 Å². The van der Waals surface area contributed by atoms with Crippen LogP contribution in [0, 0.1) is 5.82 Å². The molecule has 0 atom stereocenters. The molecular formula is C10H13FN2. The van der Waals surface area contributed by atoms with Crippen LogP contribution in [0.5, 0.6) is 0 Å². The van der Waals surface area contributed by atoms with Gasteiger partial charge >= 0.3 is 0 Å². The third-order valence-corrected chi connectivity index (χ3v) is 1.59. The van der Waals surface area contributed by atoms with Crippen molar-refractivity contribution in [3.8, 4) is 0 Å². The molecule has 1 aromatic carbocycles. The molecule has 0 radical (unpaired) electrons. The van der Waals surface area contributed by atoms with Gasteiger partial charge in [-0.3, -0.25) is 0 Å². The first-order valence-electron chi connectivity index (χ1n) is 4.07. The van der Waals surface area contributed by atoms with Crippen LogP contribution in [-0.2, 0) is 6.54 Å². The zero-order chi connectivity index (χ0) is 9.68. The monoisotopic (exact) mass is 180 g/mol. The lowest BCUT2D eigenvalue weighted by Crippen LogP contribution is -2.19. The fraction of sp³-hybridized carbons (Fsp3) is 0.200. The second-order valence-electron chi connectivity index (χ2n) is 2.89. The van der Waals surface area contributed by atoms with Crippen molar-refractivity contribution in [1.29, 1.82) is 0 Å². The quantitative estimate of drug-likeness (QED) is 0.734. The van der Waals surface area contributed by atoms with Crippen LogP contribution in [0.15, 0.2) is 36.5 Å². The van der Waals surface area contributed by atoms with Crippen LogP contribution in [0.4, 0.5) is 4.39 Å². The summed E-state index contributed by atoms with van der Waals surface area (Å²) in [7, 11) is 0. The smallest absolute Gasteiger partial charge is 0.123 e. The van der Waals surface area contributed by atoms with Gasteiger partial charge in [0.2, 0.25) is 0 Å². The Morgan fingerprint density at radius 2 is 2.00 bits per heavy atom. The van der Waals surface area contributed by atoms with E-state index < -0.39 is 0 Å². The van der Waals surface area contributed by atoms with E-state index in [0.29, 0.717) is 18.8 Å². The lowest BCUT2D eigenvalue weighted by molar-refractivity contribution is 0.626. The van der Waals surface area contributed by atoms with Gasteiger partial charge in [-0.05, 0) is 17.7 Å². The third-order valence-electron chi connectivity index (χ3n) is 1.59. The molecule has 0 aliphatic heterocycles. The summed E-state index contributed by atoms with van der Waals surface area (Å²) in [6.07, 6.45) is 0. The standard InChI is InChI=1S/C10H13FN2/c1-8(12)6-13-7-9-2-4-10(11)5-3-9/h2-5,13H,1,6-7,12H2. The van der Waals surface area contributed by atoms with Crippen LogP contribution in [0.25, 0.3) is 0 Å². The fourth-order valence-electron chi connectivity index (χ4n) is 0.970. The Kier molecular flexibility index (Phi) is 3.46. The van der Waals surface area contributed by atoms with Crippen molar-refractivity contribution in [3.63, 3.8) is 0 Å². The molecule has 70 valence electrons. The highest BCUT2D eigenvalue weighted by atomic mass is 19.1. The molecule has 13 heavy (non-hydrogen) atoms. The number of nitrogens with one attached hydrogen (secondary N) is 1. The van der Waals surface area contributed by atoms with Crippen molar-refractivity contribution >= 4 is 0 Å². The summed E-state index contributed by atoms with van der Waals surface area (Å²) < 4.78 is 12.5. The van der Waals surface area contributed by atoms with E-state index >= 15 is 0 Å². The summed E-state index contributed by atoms with van der Waals surface area (Å²) in [5, 5.41) is 3.07. The Balaban J connectivity index is 2.37. The Morgan fingerprint density at radius 1 is 1.38 bits per heavy atom. The molecule has 0 unspecified atom stereocenters. The van der Waals surface area contributed by atoms with Gasteiger partial charge in [0.25, 0.3) is 0 Å². The summed E-state index contributed by atoms with van der Waals surface area (Å²) >= 11 is 0. The first kappa shape index (κ1) is 9.74. The van der Waals surface area contributed by atoms with E-state index in [1.165, 1.54) is 12.1 Å². The maximum Gasteiger partial charge on any atom is 0.123 e. The van der Waals surface area contributed by atoms with Crippen molar-refractivity contribution in [2.75, 3.05) is 6.54 Å². The number of nitrogens with two attached hydrogens (primary N) is 1. The lowest BCUT2D eigenvalue weighted by Gasteiger charge is -2.03. The normalized spacial score (nSPS) is 9.92. The fourth-order valence-corrected chi connectivity index (χ4v) is 0.970. The van der Waals surface area contributed by atoms with Gasteiger partial charge in [-0.1, -0.05) is 18.7 Å². The molecule has 0 heterocycles. The highest BCUT2D eigenvalue weighted by molar-refractivity contribution is 5.15. The van der Waals surface area contributed by atoms with Crippen LogP contribution in [0.3, 0.4) is 0 Å². The van der Waals surface area contributed by atoms with Gasteiger partial charge in [0.1, 0.15) is 5.82 Å². The topological polar surface area (TPSA) is 38.0 Å². The van der Waals surface area contributed by atoms with Crippen LogP contribution in [0.2, 0.25) is 0 Å². The summed E-state index contributed by atoms with van der Waals surface area (Å²) in [6, 6.07) is 6.35. The molecule has 0 spiro atoms. The minimum absolute atomic E-state index is 0.216. The van der Waals surface area contributed by atoms with Crippen molar-refractivity contribution in [3.05, 3.63) is 47.9 Å². The molecule has 0 bridgehead atoms. The zero-order valence-corrected chi connectivity index (χ0v) is 7.39. The van der Waals surface area contributed by atoms with Gasteiger partial charge in [0.15, 0.2) is 0 Å². The average molecular weight is 180 g/mol. The third kappa shape index (κ3) is 3.71. The summed E-state index contributed by atoms with van der Waals surface area (Å²) in [4.78, 5) is 0. The van der Waals surface area contributed by atoms with Gasteiger partial charge < -0.3 is 11.1 Å². The molecule has 0 fully saturated rings. The summed E-state index contributed by atoms with van der Waals surface area (Å²) in [5.41, 5.74) is 6.99. The number of halogens is 1. The van der Waals surface area contributed by atoms with Crippen LogP contribution >= 0.6 is 0 Å². The molecular weight excluding hydrogens is 167 g/mol. The van der Waals surface area contributed by atoms with Crippen LogP contribution < -0.4 is 11.1 Å². The predicted molar refractivity (Wildman–Crippen MR) is 51.4 cm³/mol. The Bertz CT molecular complexity index is 279. The molecule has 1 aromatic rings. The molecule has 0 saturated carbocycles. The van der Waals surface area contributed by atoms with Crippen molar-refractivity contribution in [2.45, 2.75) is 6.54 Å². The number of hydrogen-bond donors (Lipinski definition) is 2. The first-order chi connectivity index (χ1) is 6.18.